The first kappa shape index (κ1) is 12.1. The molecule has 0 aromatic heterocycles. The number of hydrogen-bond acceptors (Lipinski definition) is 4. The highest BCUT2D eigenvalue weighted by molar-refractivity contribution is 6.15. The van der Waals surface area contributed by atoms with Gasteiger partial charge in [0.05, 0.1) is 0 Å². The third-order valence-electron chi connectivity index (χ3n) is 2.22. The lowest BCUT2D eigenvalue weighted by Crippen LogP contribution is -2.14. The summed E-state index contributed by atoms with van der Waals surface area (Å²) in [5.41, 5.74) is -3.27. The SMILES string of the molecule is CC(=O)Nc1c(F)c(F)c2c(c1F)C(=O)OC2=O. The number of rotatable bonds is 1. The predicted octanol–water partition coefficient (Wildman–Crippen LogP) is 1.37. The number of hydrogen-bond donors (Lipinski definition) is 1. The van der Waals surface area contributed by atoms with E-state index >= 15 is 0 Å². The number of cyclic esters (lactones) is 2. The number of ether oxygens (including phenoxy) is 1. The lowest BCUT2D eigenvalue weighted by molar-refractivity contribution is -0.114. The molecule has 1 amide bonds. The van der Waals surface area contributed by atoms with Gasteiger partial charge in [-0.2, -0.15) is 0 Å². The van der Waals surface area contributed by atoms with Crippen LogP contribution in [0.3, 0.4) is 0 Å². The van der Waals surface area contributed by atoms with Crippen molar-refractivity contribution in [2.45, 2.75) is 6.92 Å². The zero-order valence-electron chi connectivity index (χ0n) is 8.77. The first-order valence-corrected chi connectivity index (χ1v) is 4.59. The van der Waals surface area contributed by atoms with Crippen molar-refractivity contribution in [1.29, 1.82) is 0 Å². The Balaban J connectivity index is 2.78. The highest BCUT2D eigenvalue weighted by Gasteiger charge is 2.40. The summed E-state index contributed by atoms with van der Waals surface area (Å²) < 4.78 is 44.6. The van der Waals surface area contributed by atoms with Gasteiger partial charge in [-0.05, 0) is 0 Å². The molecule has 0 unspecified atom stereocenters. The van der Waals surface area contributed by atoms with E-state index < -0.39 is 52.1 Å². The quantitative estimate of drug-likeness (QED) is 0.469. The molecule has 5 nitrogen and oxygen atoms in total. The molecule has 0 bridgehead atoms. The summed E-state index contributed by atoms with van der Waals surface area (Å²) in [4.78, 5) is 32.9. The number of carbonyl (C=O) groups excluding carboxylic acids is 3. The van der Waals surface area contributed by atoms with Crippen molar-refractivity contribution in [2.24, 2.45) is 0 Å². The Morgan fingerprint density at radius 1 is 1.00 bits per heavy atom. The zero-order chi connectivity index (χ0) is 13.6. The Kier molecular flexibility index (Phi) is 2.57. The van der Waals surface area contributed by atoms with Crippen molar-refractivity contribution >= 4 is 23.5 Å². The van der Waals surface area contributed by atoms with Crippen LogP contribution in [0.15, 0.2) is 0 Å². The van der Waals surface area contributed by atoms with Crippen molar-refractivity contribution in [2.75, 3.05) is 5.32 Å². The average molecular weight is 259 g/mol. The van der Waals surface area contributed by atoms with Crippen molar-refractivity contribution in [3.63, 3.8) is 0 Å². The minimum absolute atomic E-state index is 0.871. The summed E-state index contributed by atoms with van der Waals surface area (Å²) in [7, 11) is 0. The van der Waals surface area contributed by atoms with E-state index in [1.165, 1.54) is 0 Å². The van der Waals surface area contributed by atoms with Gasteiger partial charge in [0.15, 0.2) is 17.5 Å². The van der Waals surface area contributed by atoms with Crippen molar-refractivity contribution in [3.05, 3.63) is 28.6 Å². The fourth-order valence-corrected chi connectivity index (χ4v) is 1.52. The number of fused-ring (bicyclic) bond motifs is 1. The molecule has 0 spiro atoms. The van der Waals surface area contributed by atoms with Gasteiger partial charge in [0.25, 0.3) is 0 Å². The molecular formula is C10H4F3NO4. The van der Waals surface area contributed by atoms with Gasteiger partial charge in [-0.25, -0.2) is 22.8 Å². The normalized spacial score (nSPS) is 13.3. The molecule has 94 valence electrons. The van der Waals surface area contributed by atoms with E-state index in [0.29, 0.717) is 0 Å². The molecule has 0 aliphatic carbocycles. The zero-order valence-corrected chi connectivity index (χ0v) is 8.77. The largest absolute Gasteiger partial charge is 0.385 e. The number of carbonyl (C=O) groups is 3. The first-order valence-electron chi connectivity index (χ1n) is 4.59. The van der Waals surface area contributed by atoms with Crippen LogP contribution in [0.2, 0.25) is 0 Å². The van der Waals surface area contributed by atoms with Gasteiger partial charge < -0.3 is 10.1 Å². The summed E-state index contributed by atoms with van der Waals surface area (Å²) in [6.45, 7) is 0.938. The highest BCUT2D eigenvalue weighted by Crippen LogP contribution is 2.33. The first-order chi connectivity index (χ1) is 8.34. The molecule has 0 fully saturated rings. The molecule has 18 heavy (non-hydrogen) atoms. The van der Waals surface area contributed by atoms with Crippen LogP contribution >= 0.6 is 0 Å². The van der Waals surface area contributed by atoms with Crippen LogP contribution < -0.4 is 5.32 Å². The molecule has 1 aromatic rings. The van der Waals surface area contributed by atoms with E-state index in [9.17, 15) is 27.6 Å². The van der Waals surface area contributed by atoms with Crippen LogP contribution in [0, 0.1) is 17.5 Å². The molecule has 0 saturated carbocycles. The van der Waals surface area contributed by atoms with Gasteiger partial charge in [-0.3, -0.25) is 4.79 Å². The molecule has 0 saturated heterocycles. The third kappa shape index (κ3) is 1.53. The monoisotopic (exact) mass is 259 g/mol. The average Bonchev–Trinajstić information content (AvgIpc) is 2.56. The Morgan fingerprint density at radius 3 is 2.00 bits per heavy atom. The molecule has 0 radical (unpaired) electrons. The van der Waals surface area contributed by atoms with Crippen LogP contribution in [0.4, 0.5) is 18.9 Å². The maximum absolute atomic E-state index is 13.7. The number of benzene rings is 1. The standard InChI is InChI=1S/C10H4F3NO4/c1-2(15)14-8-6(12)4-3(5(11)7(8)13)9(16)18-10(4)17/h1H3,(H,14,15). The fourth-order valence-electron chi connectivity index (χ4n) is 1.52. The molecule has 8 heteroatoms. The Hall–Kier alpha value is -2.38. The molecule has 1 heterocycles. The van der Waals surface area contributed by atoms with E-state index in [0.717, 1.165) is 6.92 Å². The van der Waals surface area contributed by atoms with Crippen LogP contribution in [0.25, 0.3) is 0 Å². The van der Waals surface area contributed by atoms with E-state index in [-0.39, 0.29) is 0 Å². The van der Waals surface area contributed by atoms with Gasteiger partial charge in [-0.15, -0.1) is 0 Å². The molecular weight excluding hydrogens is 255 g/mol. The second kappa shape index (κ2) is 3.83. The maximum atomic E-state index is 13.7. The molecule has 2 rings (SSSR count). The number of nitrogens with one attached hydrogen (secondary N) is 1. The van der Waals surface area contributed by atoms with Gasteiger partial charge in [0, 0.05) is 6.92 Å². The summed E-state index contributed by atoms with van der Waals surface area (Å²) >= 11 is 0. The van der Waals surface area contributed by atoms with Gasteiger partial charge in [0.2, 0.25) is 5.91 Å². The Bertz CT molecular complexity index is 612. The topological polar surface area (TPSA) is 72.5 Å². The van der Waals surface area contributed by atoms with Crippen LogP contribution in [0.5, 0.6) is 0 Å². The Morgan fingerprint density at radius 2 is 1.50 bits per heavy atom. The number of halogens is 3. The third-order valence-corrected chi connectivity index (χ3v) is 2.22. The highest BCUT2D eigenvalue weighted by atomic mass is 19.2. The summed E-state index contributed by atoms with van der Waals surface area (Å²) in [6.07, 6.45) is 0. The molecule has 1 aliphatic rings. The minimum atomic E-state index is -1.77. The fraction of sp³-hybridized carbons (Fsp3) is 0.100. The molecule has 1 aromatic carbocycles. The smallest absolute Gasteiger partial charge is 0.350 e. The van der Waals surface area contributed by atoms with Crippen LogP contribution in [-0.2, 0) is 9.53 Å². The lowest BCUT2D eigenvalue weighted by Gasteiger charge is -2.08. The van der Waals surface area contributed by atoms with Crippen molar-refractivity contribution in [1.82, 2.24) is 0 Å². The van der Waals surface area contributed by atoms with E-state index in [1.54, 1.807) is 5.32 Å². The summed E-state index contributed by atoms with van der Waals surface area (Å²) in [5.74, 6) is -8.84. The predicted molar refractivity (Wildman–Crippen MR) is 50.4 cm³/mol. The van der Waals surface area contributed by atoms with Gasteiger partial charge in [-0.1, -0.05) is 0 Å². The lowest BCUT2D eigenvalue weighted by atomic mass is 10.1. The molecule has 0 atom stereocenters. The van der Waals surface area contributed by atoms with E-state index in [4.69, 9.17) is 0 Å². The van der Waals surface area contributed by atoms with Crippen molar-refractivity contribution in [3.8, 4) is 0 Å². The second-order valence-electron chi connectivity index (χ2n) is 3.43. The van der Waals surface area contributed by atoms with Crippen molar-refractivity contribution < 1.29 is 32.3 Å². The van der Waals surface area contributed by atoms with E-state index in [2.05, 4.69) is 4.74 Å². The minimum Gasteiger partial charge on any atom is -0.385 e. The maximum Gasteiger partial charge on any atom is 0.350 e. The van der Waals surface area contributed by atoms with Gasteiger partial charge in [0.1, 0.15) is 16.8 Å². The Labute approximate surface area is 97.5 Å². The summed E-state index contributed by atoms with van der Waals surface area (Å²) in [6, 6.07) is 0. The van der Waals surface area contributed by atoms with Gasteiger partial charge >= 0.3 is 11.9 Å². The number of amides is 1. The van der Waals surface area contributed by atoms with Crippen LogP contribution in [0.1, 0.15) is 27.6 Å². The second-order valence-corrected chi connectivity index (χ2v) is 3.43. The number of anilines is 1. The number of esters is 2. The van der Waals surface area contributed by atoms with Crippen LogP contribution in [-0.4, -0.2) is 17.8 Å². The molecule has 1 N–H and O–H groups in total. The molecule has 1 aliphatic heterocycles. The van der Waals surface area contributed by atoms with E-state index in [1.807, 2.05) is 0 Å². The summed E-state index contributed by atoms with van der Waals surface area (Å²) in [5, 5.41) is 1.70.